The molecule has 3 rings (SSSR count). The number of hydrogen-bond acceptors (Lipinski definition) is 4. The molecule has 0 atom stereocenters. The molecular weight excluding hydrogens is 264 g/mol. The summed E-state index contributed by atoms with van der Waals surface area (Å²) in [7, 11) is 0. The van der Waals surface area contributed by atoms with E-state index < -0.39 is 0 Å². The molecule has 5 heteroatoms. The first kappa shape index (κ1) is 13.6. The summed E-state index contributed by atoms with van der Waals surface area (Å²) in [6.07, 6.45) is 3.82. The molecule has 0 aliphatic rings. The first-order valence-corrected chi connectivity index (χ1v) is 6.98. The van der Waals surface area contributed by atoms with E-state index in [1.165, 1.54) is 0 Å². The highest BCUT2D eigenvalue weighted by Gasteiger charge is 2.13. The van der Waals surface area contributed by atoms with Crippen molar-refractivity contribution in [3.8, 4) is 17.0 Å². The molecule has 108 valence electrons. The van der Waals surface area contributed by atoms with Gasteiger partial charge in [0.15, 0.2) is 0 Å². The number of nitrogens with zero attached hydrogens (tertiary/aromatic N) is 3. The van der Waals surface area contributed by atoms with E-state index in [0.29, 0.717) is 12.3 Å². The number of aromatic nitrogens is 3. The van der Waals surface area contributed by atoms with Crippen molar-refractivity contribution in [2.24, 2.45) is 5.73 Å². The fraction of sp³-hybridized carbons (Fsp3) is 0.250. The maximum atomic E-state index is 5.88. The Morgan fingerprint density at radius 1 is 1.24 bits per heavy atom. The molecule has 3 aromatic rings. The van der Waals surface area contributed by atoms with Crippen LogP contribution in [0.25, 0.3) is 17.0 Å². The van der Waals surface area contributed by atoms with Crippen LogP contribution in [0.4, 0.5) is 0 Å². The standard InChI is InChI=1S/C16H18N4O/c1-11(2)21-13-6-4-12(5-7-13)15-14(10-17)20-9-3-8-18-16(20)19-15/h3-9,11H,10,17H2,1-2H3. The van der Waals surface area contributed by atoms with Crippen LogP contribution in [0.5, 0.6) is 5.75 Å². The fourth-order valence-electron chi connectivity index (χ4n) is 2.32. The number of fused-ring (bicyclic) bond motifs is 1. The van der Waals surface area contributed by atoms with Crippen molar-refractivity contribution in [2.45, 2.75) is 26.5 Å². The van der Waals surface area contributed by atoms with E-state index in [0.717, 1.165) is 22.7 Å². The number of imidazole rings is 1. The van der Waals surface area contributed by atoms with Gasteiger partial charge in [-0.3, -0.25) is 4.40 Å². The highest BCUT2D eigenvalue weighted by molar-refractivity contribution is 5.66. The Balaban J connectivity index is 2.03. The smallest absolute Gasteiger partial charge is 0.234 e. The molecule has 0 saturated heterocycles. The molecule has 0 saturated carbocycles. The van der Waals surface area contributed by atoms with Gasteiger partial charge in [-0.1, -0.05) is 0 Å². The van der Waals surface area contributed by atoms with Crippen LogP contribution < -0.4 is 10.5 Å². The number of ether oxygens (including phenoxy) is 1. The minimum atomic E-state index is 0.162. The van der Waals surface area contributed by atoms with Gasteiger partial charge in [-0.05, 0) is 44.2 Å². The fourth-order valence-corrected chi connectivity index (χ4v) is 2.32. The molecule has 0 radical (unpaired) electrons. The lowest BCUT2D eigenvalue weighted by atomic mass is 10.1. The third kappa shape index (κ3) is 2.60. The lowest BCUT2D eigenvalue weighted by Crippen LogP contribution is -2.05. The van der Waals surface area contributed by atoms with Crippen LogP contribution in [0.3, 0.4) is 0 Å². The van der Waals surface area contributed by atoms with Gasteiger partial charge < -0.3 is 10.5 Å². The van der Waals surface area contributed by atoms with Crippen molar-refractivity contribution >= 4 is 5.78 Å². The Bertz CT molecular complexity index is 747. The van der Waals surface area contributed by atoms with Crippen molar-refractivity contribution < 1.29 is 4.74 Å². The predicted molar refractivity (Wildman–Crippen MR) is 82.1 cm³/mol. The average Bonchev–Trinajstić information content (AvgIpc) is 2.86. The SMILES string of the molecule is CC(C)Oc1ccc(-c2nc3ncccn3c2CN)cc1. The number of hydrogen-bond donors (Lipinski definition) is 1. The third-order valence-electron chi connectivity index (χ3n) is 3.20. The van der Waals surface area contributed by atoms with Gasteiger partial charge >= 0.3 is 0 Å². The molecule has 0 fully saturated rings. The molecule has 2 heterocycles. The Hall–Kier alpha value is -2.40. The van der Waals surface area contributed by atoms with E-state index in [9.17, 15) is 0 Å². The van der Waals surface area contributed by atoms with Crippen molar-refractivity contribution in [1.29, 1.82) is 0 Å². The molecule has 0 unspecified atom stereocenters. The lowest BCUT2D eigenvalue weighted by Gasteiger charge is -2.10. The molecule has 5 nitrogen and oxygen atoms in total. The minimum absolute atomic E-state index is 0.162. The summed E-state index contributed by atoms with van der Waals surface area (Å²) >= 11 is 0. The maximum Gasteiger partial charge on any atom is 0.234 e. The van der Waals surface area contributed by atoms with Crippen molar-refractivity contribution in [1.82, 2.24) is 14.4 Å². The third-order valence-corrected chi connectivity index (χ3v) is 3.20. The Morgan fingerprint density at radius 2 is 2.00 bits per heavy atom. The van der Waals surface area contributed by atoms with Crippen molar-refractivity contribution in [3.63, 3.8) is 0 Å². The molecule has 2 aromatic heterocycles. The monoisotopic (exact) mass is 282 g/mol. The number of rotatable bonds is 4. The van der Waals surface area contributed by atoms with Crippen LogP contribution in [-0.2, 0) is 6.54 Å². The molecular formula is C16H18N4O. The Labute approximate surface area is 123 Å². The second-order valence-corrected chi connectivity index (χ2v) is 5.09. The van der Waals surface area contributed by atoms with Crippen molar-refractivity contribution in [3.05, 3.63) is 48.4 Å². The molecule has 0 aliphatic heterocycles. The summed E-state index contributed by atoms with van der Waals surface area (Å²) in [5.41, 5.74) is 8.71. The zero-order valence-corrected chi connectivity index (χ0v) is 12.2. The topological polar surface area (TPSA) is 65.4 Å². The van der Waals surface area contributed by atoms with Gasteiger partial charge in [0.2, 0.25) is 5.78 Å². The van der Waals surface area contributed by atoms with Crippen LogP contribution in [0, 0.1) is 0 Å². The molecule has 1 aromatic carbocycles. The van der Waals surface area contributed by atoms with E-state index >= 15 is 0 Å². The minimum Gasteiger partial charge on any atom is -0.491 e. The van der Waals surface area contributed by atoms with E-state index in [-0.39, 0.29) is 6.10 Å². The zero-order chi connectivity index (χ0) is 14.8. The van der Waals surface area contributed by atoms with Gasteiger partial charge in [-0.25, -0.2) is 9.97 Å². The van der Waals surface area contributed by atoms with E-state index in [1.54, 1.807) is 6.20 Å². The van der Waals surface area contributed by atoms with Crippen LogP contribution in [0.1, 0.15) is 19.5 Å². The second kappa shape index (κ2) is 5.54. The largest absolute Gasteiger partial charge is 0.491 e. The molecule has 0 bridgehead atoms. The van der Waals surface area contributed by atoms with Gasteiger partial charge in [0.05, 0.1) is 17.5 Å². The van der Waals surface area contributed by atoms with Crippen LogP contribution >= 0.6 is 0 Å². The second-order valence-electron chi connectivity index (χ2n) is 5.09. The average molecular weight is 282 g/mol. The summed E-state index contributed by atoms with van der Waals surface area (Å²) < 4.78 is 7.58. The molecule has 2 N–H and O–H groups in total. The van der Waals surface area contributed by atoms with Gasteiger partial charge in [0, 0.05) is 24.5 Å². The highest BCUT2D eigenvalue weighted by atomic mass is 16.5. The summed E-state index contributed by atoms with van der Waals surface area (Å²) in [6.45, 7) is 4.43. The Morgan fingerprint density at radius 3 is 2.67 bits per heavy atom. The summed E-state index contributed by atoms with van der Waals surface area (Å²) in [4.78, 5) is 8.84. The van der Waals surface area contributed by atoms with Gasteiger partial charge in [0.25, 0.3) is 0 Å². The highest BCUT2D eigenvalue weighted by Crippen LogP contribution is 2.25. The summed E-state index contributed by atoms with van der Waals surface area (Å²) in [5, 5.41) is 0. The van der Waals surface area contributed by atoms with E-state index in [4.69, 9.17) is 10.5 Å². The number of nitrogens with two attached hydrogens (primary N) is 1. The molecule has 0 amide bonds. The van der Waals surface area contributed by atoms with Crippen LogP contribution in [0.2, 0.25) is 0 Å². The molecule has 21 heavy (non-hydrogen) atoms. The first-order valence-electron chi connectivity index (χ1n) is 6.98. The van der Waals surface area contributed by atoms with Crippen LogP contribution in [-0.4, -0.2) is 20.5 Å². The summed E-state index contributed by atoms with van der Waals surface area (Å²) in [6, 6.07) is 9.77. The van der Waals surface area contributed by atoms with Crippen LogP contribution in [0.15, 0.2) is 42.7 Å². The van der Waals surface area contributed by atoms with E-state index in [2.05, 4.69) is 9.97 Å². The quantitative estimate of drug-likeness (QED) is 0.799. The number of benzene rings is 1. The van der Waals surface area contributed by atoms with Crippen molar-refractivity contribution in [2.75, 3.05) is 0 Å². The summed E-state index contributed by atoms with van der Waals surface area (Å²) in [5.74, 6) is 1.51. The lowest BCUT2D eigenvalue weighted by molar-refractivity contribution is 0.242. The predicted octanol–water partition coefficient (Wildman–Crippen LogP) is 2.64. The maximum absolute atomic E-state index is 5.88. The first-order chi connectivity index (χ1) is 10.2. The molecule has 0 aliphatic carbocycles. The normalized spacial score (nSPS) is 11.2. The van der Waals surface area contributed by atoms with Gasteiger partial charge in [0.1, 0.15) is 5.75 Å². The van der Waals surface area contributed by atoms with Gasteiger partial charge in [-0.2, -0.15) is 0 Å². The van der Waals surface area contributed by atoms with Gasteiger partial charge in [-0.15, -0.1) is 0 Å². The molecule has 0 spiro atoms. The van der Waals surface area contributed by atoms with E-state index in [1.807, 2.05) is 54.8 Å². The Kier molecular flexibility index (Phi) is 3.58. The zero-order valence-electron chi connectivity index (χ0n) is 12.2.